The molecule has 116 valence electrons. The van der Waals surface area contributed by atoms with Crippen LogP contribution in [0.3, 0.4) is 0 Å². The lowest BCUT2D eigenvalue weighted by molar-refractivity contribution is -0.115. The lowest BCUT2D eigenvalue weighted by atomic mass is 10.3. The van der Waals surface area contributed by atoms with Gasteiger partial charge in [-0.05, 0) is 25.1 Å². The molecular weight excluding hydrogens is 309 g/mol. The Kier molecular flexibility index (Phi) is 5.42. The van der Waals surface area contributed by atoms with E-state index in [0.717, 1.165) is 0 Å². The van der Waals surface area contributed by atoms with Gasteiger partial charge in [-0.25, -0.2) is 14.2 Å². The molecule has 2 amide bonds. The number of aromatic nitrogens is 1. The Morgan fingerprint density at radius 2 is 2.18 bits per heavy atom. The maximum absolute atomic E-state index is 13.0. The van der Waals surface area contributed by atoms with Crippen LogP contribution in [0.15, 0.2) is 29.6 Å². The van der Waals surface area contributed by atoms with Gasteiger partial charge < -0.3 is 10.1 Å². The molecule has 1 aromatic heterocycles. The van der Waals surface area contributed by atoms with Crippen molar-refractivity contribution in [2.24, 2.45) is 0 Å². The molecule has 0 saturated heterocycles. The molecule has 0 unspecified atom stereocenters. The quantitative estimate of drug-likeness (QED) is 0.886. The summed E-state index contributed by atoms with van der Waals surface area (Å²) >= 11 is 1.19. The van der Waals surface area contributed by atoms with Crippen molar-refractivity contribution in [2.45, 2.75) is 13.3 Å². The molecule has 0 aliphatic heterocycles. The highest BCUT2D eigenvalue weighted by molar-refractivity contribution is 7.13. The Labute approximate surface area is 130 Å². The van der Waals surface area contributed by atoms with Crippen molar-refractivity contribution >= 4 is 34.2 Å². The number of nitrogens with one attached hydrogen (secondary N) is 2. The van der Waals surface area contributed by atoms with Crippen LogP contribution >= 0.6 is 11.3 Å². The minimum Gasteiger partial charge on any atom is -0.450 e. The summed E-state index contributed by atoms with van der Waals surface area (Å²) in [5.74, 6) is -0.744. The van der Waals surface area contributed by atoms with Crippen LogP contribution in [-0.2, 0) is 16.0 Å². The first-order chi connectivity index (χ1) is 10.6. The van der Waals surface area contributed by atoms with E-state index in [1.54, 1.807) is 18.4 Å². The maximum Gasteiger partial charge on any atom is 0.413 e. The minimum atomic E-state index is -0.590. The van der Waals surface area contributed by atoms with Gasteiger partial charge in [-0.2, -0.15) is 0 Å². The zero-order chi connectivity index (χ0) is 15.9. The molecule has 2 N–H and O–H groups in total. The summed E-state index contributed by atoms with van der Waals surface area (Å²) in [5.41, 5.74) is 0.885. The molecule has 6 nitrogen and oxygen atoms in total. The first-order valence-corrected chi connectivity index (χ1v) is 7.38. The van der Waals surface area contributed by atoms with Crippen LogP contribution in [0.4, 0.5) is 20.0 Å². The van der Waals surface area contributed by atoms with Crippen molar-refractivity contribution in [3.05, 3.63) is 41.2 Å². The summed E-state index contributed by atoms with van der Waals surface area (Å²) < 4.78 is 17.7. The third-order valence-electron chi connectivity index (χ3n) is 2.49. The zero-order valence-corrected chi connectivity index (χ0v) is 12.6. The third-order valence-corrected chi connectivity index (χ3v) is 3.29. The number of benzene rings is 1. The van der Waals surface area contributed by atoms with Gasteiger partial charge in [-0.1, -0.05) is 6.07 Å². The Morgan fingerprint density at radius 3 is 2.91 bits per heavy atom. The van der Waals surface area contributed by atoms with Crippen LogP contribution in [0.5, 0.6) is 0 Å². The second kappa shape index (κ2) is 7.51. The first-order valence-electron chi connectivity index (χ1n) is 6.50. The van der Waals surface area contributed by atoms with Gasteiger partial charge in [-0.3, -0.25) is 10.1 Å². The number of rotatable bonds is 5. The summed E-state index contributed by atoms with van der Waals surface area (Å²) in [6.45, 7) is 1.96. The number of ether oxygens (including phenoxy) is 1. The average molecular weight is 323 g/mol. The van der Waals surface area contributed by atoms with Crippen LogP contribution in [0.25, 0.3) is 0 Å². The molecule has 1 aromatic carbocycles. The molecule has 8 heteroatoms. The van der Waals surface area contributed by atoms with Gasteiger partial charge in [-0.15, -0.1) is 11.3 Å². The van der Waals surface area contributed by atoms with Crippen LogP contribution in [-0.4, -0.2) is 23.6 Å². The van der Waals surface area contributed by atoms with Crippen LogP contribution in [0.1, 0.15) is 12.6 Å². The van der Waals surface area contributed by atoms with E-state index in [1.165, 1.54) is 29.5 Å². The van der Waals surface area contributed by atoms with E-state index in [1.807, 2.05) is 0 Å². The molecule has 0 bridgehead atoms. The second-order valence-corrected chi connectivity index (χ2v) is 5.08. The topological polar surface area (TPSA) is 80.3 Å². The van der Waals surface area contributed by atoms with Crippen LogP contribution in [0.2, 0.25) is 0 Å². The van der Waals surface area contributed by atoms with Gasteiger partial charge in [0.05, 0.1) is 18.7 Å². The zero-order valence-electron chi connectivity index (χ0n) is 11.8. The van der Waals surface area contributed by atoms with E-state index in [0.29, 0.717) is 16.5 Å². The fourth-order valence-electron chi connectivity index (χ4n) is 1.64. The Balaban J connectivity index is 1.89. The predicted molar refractivity (Wildman–Crippen MR) is 81.5 cm³/mol. The Hall–Kier alpha value is -2.48. The van der Waals surface area contributed by atoms with Gasteiger partial charge in [0.2, 0.25) is 5.91 Å². The number of thiazole rings is 1. The van der Waals surface area contributed by atoms with Gasteiger partial charge in [0.25, 0.3) is 0 Å². The lowest BCUT2D eigenvalue weighted by Gasteiger charge is -2.03. The molecule has 2 aromatic rings. The highest BCUT2D eigenvalue weighted by atomic mass is 32.1. The monoisotopic (exact) mass is 323 g/mol. The van der Waals surface area contributed by atoms with Gasteiger partial charge in [0, 0.05) is 11.1 Å². The van der Waals surface area contributed by atoms with E-state index in [4.69, 9.17) is 4.74 Å². The van der Waals surface area contributed by atoms with Crippen molar-refractivity contribution in [1.29, 1.82) is 0 Å². The number of nitrogens with zero attached hydrogens (tertiary/aromatic N) is 1. The van der Waals surface area contributed by atoms with Crippen LogP contribution < -0.4 is 10.6 Å². The summed E-state index contributed by atoms with van der Waals surface area (Å²) in [6.07, 6.45) is -0.565. The highest BCUT2D eigenvalue weighted by Gasteiger charge is 2.10. The predicted octanol–water partition coefficient (Wildman–Crippen LogP) is 3.03. The molecule has 0 aliphatic carbocycles. The van der Waals surface area contributed by atoms with Gasteiger partial charge in [0.15, 0.2) is 5.13 Å². The molecule has 0 aliphatic rings. The number of halogens is 1. The van der Waals surface area contributed by atoms with Gasteiger partial charge in [0.1, 0.15) is 5.82 Å². The number of carbonyl (C=O) groups is 2. The highest BCUT2D eigenvalue weighted by Crippen LogP contribution is 2.17. The average Bonchev–Trinajstić information content (AvgIpc) is 2.85. The SMILES string of the molecule is CCOC(=O)Nc1nc(CC(=O)Nc2cccc(F)c2)cs1. The molecule has 0 spiro atoms. The minimum absolute atomic E-state index is 0.0253. The molecule has 0 fully saturated rings. The molecule has 0 saturated carbocycles. The fourth-order valence-corrected chi connectivity index (χ4v) is 2.33. The van der Waals surface area contributed by atoms with Crippen molar-refractivity contribution in [2.75, 3.05) is 17.2 Å². The first kappa shape index (κ1) is 15.9. The fraction of sp³-hybridized carbons (Fsp3) is 0.214. The van der Waals surface area contributed by atoms with Crippen molar-refractivity contribution in [1.82, 2.24) is 4.98 Å². The van der Waals surface area contributed by atoms with Crippen molar-refractivity contribution in [3.63, 3.8) is 0 Å². The van der Waals surface area contributed by atoms with E-state index >= 15 is 0 Å². The number of hydrogen-bond donors (Lipinski definition) is 2. The molecule has 1 heterocycles. The Bertz CT molecular complexity index is 675. The van der Waals surface area contributed by atoms with E-state index in [2.05, 4.69) is 15.6 Å². The second-order valence-electron chi connectivity index (χ2n) is 4.22. The molecule has 2 rings (SSSR count). The van der Waals surface area contributed by atoms with Crippen molar-refractivity contribution < 1.29 is 18.7 Å². The van der Waals surface area contributed by atoms with Gasteiger partial charge >= 0.3 is 6.09 Å². The third kappa shape index (κ3) is 4.81. The standard InChI is InChI=1S/C14H14FN3O3S/c1-2-21-14(20)18-13-17-11(8-22-13)7-12(19)16-10-5-3-4-9(15)6-10/h3-6,8H,2,7H2,1H3,(H,16,19)(H,17,18,20). The molecule has 0 atom stereocenters. The molecule has 22 heavy (non-hydrogen) atoms. The molecule has 0 radical (unpaired) electrons. The maximum atomic E-state index is 13.0. The summed E-state index contributed by atoms with van der Waals surface area (Å²) in [4.78, 5) is 27.2. The van der Waals surface area contributed by atoms with Crippen LogP contribution in [0, 0.1) is 5.82 Å². The number of amides is 2. The molecular formula is C14H14FN3O3S. The smallest absolute Gasteiger partial charge is 0.413 e. The van der Waals surface area contributed by atoms with E-state index < -0.39 is 11.9 Å². The lowest BCUT2D eigenvalue weighted by Crippen LogP contribution is -2.15. The summed E-state index contributed by atoms with van der Waals surface area (Å²) in [5, 5.41) is 7.05. The van der Waals surface area contributed by atoms with E-state index in [9.17, 15) is 14.0 Å². The number of anilines is 2. The number of hydrogen-bond acceptors (Lipinski definition) is 5. The Morgan fingerprint density at radius 1 is 1.36 bits per heavy atom. The summed E-state index contributed by atoms with van der Waals surface area (Å²) in [7, 11) is 0. The largest absolute Gasteiger partial charge is 0.450 e. The van der Waals surface area contributed by atoms with E-state index in [-0.39, 0.29) is 18.9 Å². The number of carbonyl (C=O) groups excluding carboxylic acids is 2. The normalized spacial score (nSPS) is 10.1. The summed E-state index contributed by atoms with van der Waals surface area (Å²) in [6, 6.07) is 5.63. The van der Waals surface area contributed by atoms with Crippen molar-refractivity contribution in [3.8, 4) is 0 Å².